The number of nitrogens with one attached hydrogen (secondary N) is 1. The minimum atomic E-state index is -0.351. The zero-order valence-corrected chi connectivity index (χ0v) is 7.09. The fourth-order valence-electron chi connectivity index (χ4n) is 0.925. The second-order valence-corrected chi connectivity index (χ2v) is 2.59. The van der Waals surface area contributed by atoms with Crippen molar-refractivity contribution in [3.8, 4) is 0 Å². The number of nitrogen functional groups attached to an aromatic ring is 1. The highest BCUT2D eigenvalue weighted by Crippen LogP contribution is 2.04. The van der Waals surface area contributed by atoms with Crippen LogP contribution in [-0.4, -0.2) is 10.9 Å². The molecule has 0 radical (unpaired) electrons. The van der Waals surface area contributed by atoms with Gasteiger partial charge < -0.3 is 0 Å². The van der Waals surface area contributed by atoms with E-state index in [0.717, 1.165) is 11.3 Å². The molecule has 0 atom stereocenters. The second kappa shape index (κ2) is 3.32. The number of hydrazine groups is 1. The summed E-state index contributed by atoms with van der Waals surface area (Å²) in [5, 5.41) is 0. The van der Waals surface area contributed by atoms with Crippen molar-refractivity contribution in [2.75, 3.05) is 0 Å². The number of nitrogens with zero attached hydrogens (tertiary/aromatic N) is 1. The van der Waals surface area contributed by atoms with Gasteiger partial charge >= 0.3 is 0 Å². The molecular weight excluding hydrogens is 154 g/mol. The molecular formula is C8H11N3O. The molecule has 0 bridgehead atoms. The van der Waals surface area contributed by atoms with Crippen molar-refractivity contribution in [1.29, 1.82) is 0 Å². The highest BCUT2D eigenvalue weighted by atomic mass is 16.2. The van der Waals surface area contributed by atoms with Crippen LogP contribution in [0.2, 0.25) is 0 Å². The van der Waals surface area contributed by atoms with Crippen LogP contribution in [0.3, 0.4) is 0 Å². The van der Waals surface area contributed by atoms with Crippen molar-refractivity contribution in [2.45, 2.75) is 13.8 Å². The summed E-state index contributed by atoms with van der Waals surface area (Å²) in [5.74, 6) is 4.63. The molecule has 0 aliphatic rings. The Hall–Kier alpha value is -1.42. The molecule has 1 rings (SSSR count). The number of aryl methyl sites for hydroxylation is 2. The van der Waals surface area contributed by atoms with Gasteiger partial charge in [-0.1, -0.05) is 6.07 Å². The number of hydrogen-bond acceptors (Lipinski definition) is 3. The number of rotatable bonds is 1. The molecule has 0 saturated carbocycles. The van der Waals surface area contributed by atoms with Crippen LogP contribution in [0.5, 0.6) is 0 Å². The van der Waals surface area contributed by atoms with Crippen LogP contribution < -0.4 is 11.3 Å². The number of carbonyl (C=O) groups is 1. The first-order valence-corrected chi connectivity index (χ1v) is 3.60. The quantitative estimate of drug-likeness (QED) is 0.357. The third kappa shape index (κ3) is 1.60. The summed E-state index contributed by atoms with van der Waals surface area (Å²) in [6.45, 7) is 3.64. The van der Waals surface area contributed by atoms with E-state index in [2.05, 4.69) is 4.98 Å². The molecule has 4 nitrogen and oxygen atoms in total. The second-order valence-electron chi connectivity index (χ2n) is 2.59. The minimum absolute atomic E-state index is 0.351. The zero-order chi connectivity index (χ0) is 9.14. The standard InChI is InChI=1S/C8H11N3O/c1-5-3-4-6(2)10-7(5)8(12)11-9/h3-4H,9H2,1-2H3,(H,11,12). The normalized spacial score (nSPS) is 9.58. The van der Waals surface area contributed by atoms with Gasteiger partial charge in [0.1, 0.15) is 5.69 Å². The Morgan fingerprint density at radius 2 is 2.17 bits per heavy atom. The molecule has 0 saturated heterocycles. The van der Waals surface area contributed by atoms with Gasteiger partial charge in [0.2, 0.25) is 0 Å². The Balaban J connectivity index is 3.13. The molecule has 0 aliphatic heterocycles. The van der Waals surface area contributed by atoms with Crippen molar-refractivity contribution < 1.29 is 4.79 Å². The Bertz CT molecular complexity index is 309. The Morgan fingerprint density at radius 3 is 2.75 bits per heavy atom. The number of nitrogens with two attached hydrogens (primary N) is 1. The van der Waals surface area contributed by atoms with E-state index in [0.29, 0.717) is 5.69 Å². The molecule has 1 heterocycles. The fraction of sp³-hybridized carbons (Fsp3) is 0.250. The molecule has 1 aromatic heterocycles. The summed E-state index contributed by atoms with van der Waals surface area (Å²) >= 11 is 0. The summed E-state index contributed by atoms with van der Waals surface area (Å²) in [5.41, 5.74) is 4.06. The van der Waals surface area contributed by atoms with E-state index < -0.39 is 0 Å². The molecule has 1 amide bonds. The van der Waals surface area contributed by atoms with Crippen molar-refractivity contribution >= 4 is 5.91 Å². The molecule has 4 heteroatoms. The van der Waals surface area contributed by atoms with Crippen LogP contribution in [-0.2, 0) is 0 Å². The number of amides is 1. The average molecular weight is 165 g/mol. The largest absolute Gasteiger partial charge is 0.289 e. The summed E-state index contributed by atoms with van der Waals surface area (Å²) < 4.78 is 0. The Labute approximate surface area is 70.8 Å². The van der Waals surface area contributed by atoms with E-state index in [1.165, 1.54) is 0 Å². The van der Waals surface area contributed by atoms with Crippen molar-refractivity contribution in [3.63, 3.8) is 0 Å². The maximum absolute atomic E-state index is 11.1. The van der Waals surface area contributed by atoms with Gasteiger partial charge in [0.15, 0.2) is 0 Å². The van der Waals surface area contributed by atoms with Crippen LogP contribution in [0.15, 0.2) is 12.1 Å². The van der Waals surface area contributed by atoms with Crippen LogP contribution in [0.25, 0.3) is 0 Å². The molecule has 0 aliphatic carbocycles. The lowest BCUT2D eigenvalue weighted by atomic mass is 10.2. The maximum Gasteiger partial charge on any atom is 0.284 e. The molecule has 3 N–H and O–H groups in total. The molecule has 0 fully saturated rings. The van der Waals surface area contributed by atoms with Gasteiger partial charge in [-0.15, -0.1) is 0 Å². The zero-order valence-electron chi connectivity index (χ0n) is 7.09. The van der Waals surface area contributed by atoms with Crippen LogP contribution in [0.1, 0.15) is 21.7 Å². The number of pyridine rings is 1. The number of hydrogen-bond donors (Lipinski definition) is 2. The van der Waals surface area contributed by atoms with Gasteiger partial charge in [0.05, 0.1) is 0 Å². The van der Waals surface area contributed by atoms with Crippen LogP contribution in [0, 0.1) is 13.8 Å². The third-order valence-electron chi connectivity index (χ3n) is 1.58. The van der Waals surface area contributed by atoms with E-state index >= 15 is 0 Å². The first-order valence-electron chi connectivity index (χ1n) is 3.60. The number of aromatic nitrogens is 1. The highest BCUT2D eigenvalue weighted by Gasteiger charge is 2.08. The summed E-state index contributed by atoms with van der Waals surface area (Å²) in [7, 11) is 0. The van der Waals surface area contributed by atoms with Crippen LogP contribution in [0.4, 0.5) is 0 Å². The average Bonchev–Trinajstić information content (AvgIpc) is 2.08. The molecule has 0 aromatic carbocycles. The lowest BCUT2D eigenvalue weighted by Gasteiger charge is -2.03. The van der Waals surface area contributed by atoms with E-state index in [4.69, 9.17) is 5.84 Å². The van der Waals surface area contributed by atoms with Crippen LogP contribution >= 0.6 is 0 Å². The fourth-order valence-corrected chi connectivity index (χ4v) is 0.925. The first-order chi connectivity index (χ1) is 5.65. The third-order valence-corrected chi connectivity index (χ3v) is 1.58. The van der Waals surface area contributed by atoms with E-state index in [1.807, 2.05) is 31.4 Å². The summed E-state index contributed by atoms with van der Waals surface area (Å²) in [6, 6.07) is 3.69. The van der Waals surface area contributed by atoms with E-state index in [1.54, 1.807) is 0 Å². The minimum Gasteiger partial charge on any atom is -0.289 e. The van der Waals surface area contributed by atoms with E-state index in [9.17, 15) is 4.79 Å². The SMILES string of the molecule is Cc1ccc(C)c(C(=O)NN)n1. The Kier molecular flexibility index (Phi) is 2.40. The topological polar surface area (TPSA) is 68.0 Å². The highest BCUT2D eigenvalue weighted by molar-refractivity contribution is 5.93. The maximum atomic E-state index is 11.1. The number of carbonyl (C=O) groups excluding carboxylic acids is 1. The predicted octanol–water partition coefficient (Wildman–Crippen LogP) is 0.302. The molecule has 64 valence electrons. The van der Waals surface area contributed by atoms with Gasteiger partial charge in [-0.25, -0.2) is 10.8 Å². The molecule has 0 unspecified atom stereocenters. The van der Waals surface area contributed by atoms with Gasteiger partial charge in [-0.05, 0) is 25.5 Å². The van der Waals surface area contributed by atoms with Gasteiger partial charge in [0.25, 0.3) is 5.91 Å². The summed E-state index contributed by atoms with van der Waals surface area (Å²) in [6.07, 6.45) is 0. The van der Waals surface area contributed by atoms with Crippen molar-refractivity contribution in [3.05, 3.63) is 29.1 Å². The molecule has 0 spiro atoms. The Morgan fingerprint density at radius 1 is 1.50 bits per heavy atom. The first kappa shape index (κ1) is 8.67. The lowest BCUT2D eigenvalue weighted by Crippen LogP contribution is -2.31. The smallest absolute Gasteiger partial charge is 0.284 e. The van der Waals surface area contributed by atoms with Gasteiger partial charge in [-0.3, -0.25) is 10.2 Å². The lowest BCUT2D eigenvalue weighted by molar-refractivity contribution is 0.0948. The monoisotopic (exact) mass is 165 g/mol. The van der Waals surface area contributed by atoms with E-state index in [-0.39, 0.29) is 5.91 Å². The van der Waals surface area contributed by atoms with Crippen molar-refractivity contribution in [2.24, 2.45) is 5.84 Å². The van der Waals surface area contributed by atoms with Gasteiger partial charge in [-0.2, -0.15) is 0 Å². The molecule has 12 heavy (non-hydrogen) atoms. The summed E-state index contributed by atoms with van der Waals surface area (Å²) in [4.78, 5) is 15.1. The molecule has 1 aromatic rings. The van der Waals surface area contributed by atoms with Gasteiger partial charge in [0, 0.05) is 5.69 Å². The predicted molar refractivity (Wildman–Crippen MR) is 45.4 cm³/mol. The van der Waals surface area contributed by atoms with Crippen molar-refractivity contribution in [1.82, 2.24) is 10.4 Å².